The Bertz CT molecular complexity index is 1060. The molecule has 0 bridgehead atoms. The summed E-state index contributed by atoms with van der Waals surface area (Å²) in [4.78, 5) is 51.8. The van der Waals surface area contributed by atoms with E-state index in [2.05, 4.69) is 4.98 Å². The number of ether oxygens (including phenoxy) is 1. The summed E-state index contributed by atoms with van der Waals surface area (Å²) in [6.45, 7) is 2.01. The Morgan fingerprint density at radius 3 is 2.70 bits per heavy atom. The van der Waals surface area contributed by atoms with E-state index in [1.807, 2.05) is 6.92 Å². The van der Waals surface area contributed by atoms with Crippen LogP contribution < -0.4 is 21.9 Å². The van der Waals surface area contributed by atoms with E-state index in [1.165, 1.54) is 13.2 Å². The first-order chi connectivity index (χ1) is 14.2. The molecule has 0 radical (unpaired) electrons. The first-order valence-electron chi connectivity index (χ1n) is 9.10. The van der Waals surface area contributed by atoms with Crippen molar-refractivity contribution in [1.82, 2.24) is 9.55 Å². The van der Waals surface area contributed by atoms with Gasteiger partial charge >= 0.3 is 5.69 Å². The Labute approximate surface area is 176 Å². The largest absolute Gasteiger partial charge is 0.383 e. The van der Waals surface area contributed by atoms with Crippen LogP contribution >= 0.6 is 11.6 Å². The number of anilines is 2. The van der Waals surface area contributed by atoms with Crippen LogP contribution in [0.25, 0.3) is 0 Å². The standard InChI is InChI=1S/C18H22ClN5O6/c1-3-4-7-23-15(20)14(16(25)21-18(23)27)22(8-9-30-2)17(26)12-10-11(19)5-6-13(12)24(28)29/h5-6,10H,3-4,7-9,20H2,1-2H3,(H,21,25,27). The number of hydrogen-bond donors (Lipinski definition) is 2. The van der Waals surface area contributed by atoms with Crippen molar-refractivity contribution >= 4 is 34.7 Å². The molecule has 0 fully saturated rings. The van der Waals surface area contributed by atoms with Crippen molar-refractivity contribution in [3.8, 4) is 0 Å². The highest BCUT2D eigenvalue weighted by Crippen LogP contribution is 2.27. The summed E-state index contributed by atoms with van der Waals surface area (Å²) in [5.74, 6) is -1.09. The van der Waals surface area contributed by atoms with Gasteiger partial charge in [0.1, 0.15) is 11.4 Å². The maximum Gasteiger partial charge on any atom is 0.330 e. The number of H-pyrrole nitrogens is 1. The van der Waals surface area contributed by atoms with Crippen LogP contribution in [0.1, 0.15) is 30.1 Å². The zero-order valence-electron chi connectivity index (χ0n) is 16.5. The molecule has 12 heteroatoms. The predicted octanol–water partition coefficient (Wildman–Crippen LogP) is 1.77. The highest BCUT2D eigenvalue weighted by molar-refractivity contribution is 6.31. The van der Waals surface area contributed by atoms with Crippen molar-refractivity contribution in [3.05, 3.63) is 59.7 Å². The highest BCUT2D eigenvalue weighted by Gasteiger charge is 2.30. The molecule has 2 aromatic rings. The van der Waals surface area contributed by atoms with Gasteiger partial charge in [-0.15, -0.1) is 0 Å². The number of nitrogens with one attached hydrogen (secondary N) is 1. The number of nitrogen functional groups attached to an aromatic ring is 1. The first-order valence-corrected chi connectivity index (χ1v) is 9.48. The fourth-order valence-corrected chi connectivity index (χ4v) is 3.03. The third-order valence-corrected chi connectivity index (χ3v) is 4.60. The Morgan fingerprint density at radius 1 is 1.40 bits per heavy atom. The second kappa shape index (κ2) is 10.0. The van der Waals surface area contributed by atoms with E-state index in [0.29, 0.717) is 6.42 Å². The van der Waals surface area contributed by atoms with Crippen molar-refractivity contribution in [2.75, 3.05) is 30.9 Å². The second-order valence-electron chi connectivity index (χ2n) is 6.37. The number of methoxy groups -OCH3 is 1. The number of nitro benzene ring substituents is 1. The van der Waals surface area contributed by atoms with Gasteiger partial charge in [-0.1, -0.05) is 24.9 Å². The van der Waals surface area contributed by atoms with Crippen molar-refractivity contribution < 1.29 is 14.5 Å². The molecule has 2 rings (SSSR count). The maximum atomic E-state index is 13.3. The number of nitrogens with zero attached hydrogens (tertiary/aromatic N) is 3. The fourth-order valence-electron chi connectivity index (χ4n) is 2.86. The summed E-state index contributed by atoms with van der Waals surface area (Å²) in [6.07, 6.45) is 1.38. The van der Waals surface area contributed by atoms with Gasteiger partial charge in [0.2, 0.25) is 0 Å². The lowest BCUT2D eigenvalue weighted by Gasteiger charge is -2.24. The highest BCUT2D eigenvalue weighted by atomic mass is 35.5. The number of aromatic amines is 1. The molecule has 0 saturated carbocycles. The third-order valence-electron chi connectivity index (χ3n) is 4.37. The van der Waals surface area contributed by atoms with E-state index in [-0.39, 0.29) is 41.8 Å². The summed E-state index contributed by atoms with van der Waals surface area (Å²) < 4.78 is 6.16. The monoisotopic (exact) mass is 439 g/mol. The van der Waals surface area contributed by atoms with E-state index in [0.717, 1.165) is 28.0 Å². The number of benzene rings is 1. The van der Waals surface area contributed by atoms with Crippen LogP contribution in [0.5, 0.6) is 0 Å². The van der Waals surface area contributed by atoms with E-state index in [4.69, 9.17) is 22.1 Å². The van der Waals surface area contributed by atoms with Gasteiger partial charge in [0.05, 0.1) is 11.5 Å². The number of carbonyl (C=O) groups is 1. The first kappa shape index (κ1) is 23.1. The van der Waals surface area contributed by atoms with E-state index in [1.54, 1.807) is 0 Å². The molecule has 11 nitrogen and oxygen atoms in total. The molecular formula is C18H22ClN5O6. The van der Waals surface area contributed by atoms with Crippen LogP contribution in [-0.4, -0.2) is 40.6 Å². The molecule has 30 heavy (non-hydrogen) atoms. The number of aromatic nitrogens is 2. The van der Waals surface area contributed by atoms with Gasteiger partial charge in [0.25, 0.3) is 17.2 Å². The van der Waals surface area contributed by atoms with E-state index >= 15 is 0 Å². The van der Waals surface area contributed by atoms with Gasteiger partial charge in [0.15, 0.2) is 5.69 Å². The average molecular weight is 440 g/mol. The van der Waals surface area contributed by atoms with Crippen LogP contribution in [0, 0.1) is 10.1 Å². The summed E-state index contributed by atoms with van der Waals surface area (Å²) in [5.41, 5.74) is 3.39. The normalized spacial score (nSPS) is 10.8. The van der Waals surface area contributed by atoms with Crippen molar-refractivity contribution in [2.45, 2.75) is 26.3 Å². The van der Waals surface area contributed by atoms with Crippen LogP contribution in [-0.2, 0) is 11.3 Å². The van der Waals surface area contributed by atoms with Crippen LogP contribution in [0.2, 0.25) is 5.02 Å². The fraction of sp³-hybridized carbons (Fsp3) is 0.389. The molecule has 0 unspecified atom stereocenters. The molecular weight excluding hydrogens is 418 g/mol. The number of rotatable bonds is 9. The number of nitro groups is 1. The number of amides is 1. The Kier molecular flexibility index (Phi) is 7.72. The molecule has 1 heterocycles. The van der Waals surface area contributed by atoms with Gasteiger partial charge in [0, 0.05) is 31.3 Å². The van der Waals surface area contributed by atoms with Gasteiger partial charge in [-0.2, -0.15) is 0 Å². The summed E-state index contributed by atoms with van der Waals surface area (Å²) in [7, 11) is 1.39. The van der Waals surface area contributed by atoms with Crippen molar-refractivity contribution in [1.29, 1.82) is 0 Å². The molecule has 0 aliphatic carbocycles. The molecule has 0 spiro atoms. The van der Waals surface area contributed by atoms with Gasteiger partial charge < -0.3 is 10.5 Å². The lowest BCUT2D eigenvalue weighted by molar-refractivity contribution is -0.385. The Morgan fingerprint density at radius 2 is 2.10 bits per heavy atom. The number of hydrogen-bond acceptors (Lipinski definition) is 7. The molecule has 1 aromatic heterocycles. The molecule has 0 atom stereocenters. The summed E-state index contributed by atoms with van der Waals surface area (Å²) in [6, 6.07) is 3.52. The molecule has 0 aliphatic heterocycles. The molecule has 1 amide bonds. The molecule has 3 N–H and O–H groups in total. The quantitative estimate of drug-likeness (QED) is 0.445. The number of nitrogens with two attached hydrogens (primary N) is 1. The summed E-state index contributed by atoms with van der Waals surface area (Å²) >= 11 is 5.93. The number of unbranched alkanes of at least 4 members (excludes halogenated alkanes) is 1. The molecule has 0 aliphatic rings. The summed E-state index contributed by atoms with van der Waals surface area (Å²) in [5, 5.41) is 11.5. The lowest BCUT2D eigenvalue weighted by atomic mass is 10.1. The molecule has 1 aromatic carbocycles. The smallest absolute Gasteiger partial charge is 0.330 e. The zero-order chi connectivity index (χ0) is 22.4. The Balaban J connectivity index is 2.69. The van der Waals surface area contributed by atoms with Crippen LogP contribution in [0.15, 0.2) is 27.8 Å². The second-order valence-corrected chi connectivity index (χ2v) is 6.80. The minimum Gasteiger partial charge on any atom is -0.383 e. The Hall–Kier alpha value is -3.18. The maximum absolute atomic E-state index is 13.3. The molecule has 162 valence electrons. The zero-order valence-corrected chi connectivity index (χ0v) is 17.3. The number of halogens is 1. The average Bonchev–Trinajstić information content (AvgIpc) is 2.69. The lowest BCUT2D eigenvalue weighted by Crippen LogP contribution is -2.42. The molecule has 0 saturated heterocycles. The topological polar surface area (TPSA) is 154 Å². The minimum absolute atomic E-state index is 0.00701. The third kappa shape index (κ3) is 4.86. The SMILES string of the molecule is CCCCn1c(N)c(N(CCOC)C(=O)c2cc(Cl)ccc2[N+](=O)[O-])c(=O)[nH]c1=O. The van der Waals surface area contributed by atoms with Crippen LogP contribution in [0.4, 0.5) is 17.2 Å². The van der Waals surface area contributed by atoms with Gasteiger partial charge in [-0.05, 0) is 18.6 Å². The minimum atomic E-state index is -0.889. The van der Waals surface area contributed by atoms with Crippen molar-refractivity contribution in [2.24, 2.45) is 0 Å². The van der Waals surface area contributed by atoms with E-state index in [9.17, 15) is 24.5 Å². The van der Waals surface area contributed by atoms with Gasteiger partial charge in [-0.25, -0.2) is 4.79 Å². The van der Waals surface area contributed by atoms with Gasteiger partial charge in [-0.3, -0.25) is 34.2 Å². The van der Waals surface area contributed by atoms with Crippen LogP contribution in [0.3, 0.4) is 0 Å². The predicted molar refractivity (Wildman–Crippen MR) is 112 cm³/mol. The number of carbonyl (C=O) groups excluding carboxylic acids is 1. The van der Waals surface area contributed by atoms with Crippen molar-refractivity contribution in [3.63, 3.8) is 0 Å². The van der Waals surface area contributed by atoms with E-state index < -0.39 is 27.8 Å².